The van der Waals surface area contributed by atoms with Crippen molar-refractivity contribution in [3.05, 3.63) is 95.6 Å². The number of nitrogens with two attached hydrogens (primary N) is 1. The maximum atomic E-state index is 13.3. The molecule has 13 nitrogen and oxygen atoms in total. The van der Waals surface area contributed by atoms with Gasteiger partial charge in [0.2, 0.25) is 0 Å². The molecule has 0 aliphatic carbocycles. The summed E-state index contributed by atoms with van der Waals surface area (Å²) in [6.07, 6.45) is -2.24. The minimum absolute atomic E-state index is 0.00279. The number of hydrogen-bond acceptors (Lipinski definition) is 10. The van der Waals surface area contributed by atoms with Gasteiger partial charge in [-0.1, -0.05) is 75.4 Å². The fourth-order valence-electron chi connectivity index (χ4n) is 6.45. The number of aliphatic imine (C=N–C) groups is 2. The largest absolute Gasteiger partial charge is 0.497 e. The maximum absolute atomic E-state index is 13.3. The van der Waals surface area contributed by atoms with Gasteiger partial charge in [0.25, 0.3) is 11.8 Å². The van der Waals surface area contributed by atoms with E-state index in [0.29, 0.717) is 11.5 Å². The number of nitrogens with one attached hydrogen (secondary N) is 1. The number of rotatable bonds is 11. The van der Waals surface area contributed by atoms with Gasteiger partial charge in [0.15, 0.2) is 20.0 Å². The van der Waals surface area contributed by atoms with Crippen LogP contribution < -0.4 is 20.5 Å². The fraction of sp³-hybridized carbons (Fsp3) is 0.405. The van der Waals surface area contributed by atoms with Crippen LogP contribution in [-0.2, 0) is 24.3 Å². The van der Waals surface area contributed by atoms with Gasteiger partial charge in [0.1, 0.15) is 29.4 Å². The highest BCUT2D eigenvalue weighted by Crippen LogP contribution is 2.45. The molecule has 0 unspecified atom stereocenters. The monoisotopic (exact) mass is 715 g/mol. The molecule has 0 saturated carbocycles. The average molecular weight is 716 g/mol. The molecule has 3 aliphatic heterocycles. The van der Waals surface area contributed by atoms with E-state index < -0.39 is 55.9 Å². The van der Waals surface area contributed by atoms with Crippen LogP contribution in [0.25, 0.3) is 0 Å². The first kappa shape index (κ1) is 36.2. The van der Waals surface area contributed by atoms with Gasteiger partial charge in [0, 0.05) is 6.42 Å². The molecule has 0 spiro atoms. The lowest BCUT2D eigenvalue weighted by atomic mass is 9.80. The standard InChI is InChI=1S/C37H45N5O8Si/c1-35(2,3)51(6,7)50-28-21-30(42-34(44)39-31-32(43)40-33(38)41-37(31,42)45)49-29(28)22-48-36(23-11-9-8-10-12-23,24-13-17-26(46-4)18-14-24)25-15-19-27(47-5)20-16-25/h8-20,28-30,45H,21-22H2,1-7H3,(H3,38,40,41,43)/t28-,29+,30+,37-/m0/s1. The number of carbonyl (C=O) groups excluding carboxylic acids is 2. The highest BCUT2D eigenvalue weighted by atomic mass is 28.4. The van der Waals surface area contributed by atoms with Crippen LogP contribution in [0.5, 0.6) is 11.5 Å². The molecule has 51 heavy (non-hydrogen) atoms. The number of amides is 3. The summed E-state index contributed by atoms with van der Waals surface area (Å²) in [5.74, 6) is -2.23. The summed E-state index contributed by atoms with van der Waals surface area (Å²) in [6.45, 7) is 10.7. The van der Waals surface area contributed by atoms with Crippen molar-refractivity contribution in [1.82, 2.24) is 10.2 Å². The summed E-state index contributed by atoms with van der Waals surface area (Å²) in [5, 5.41) is 13.8. The third kappa shape index (κ3) is 6.53. The van der Waals surface area contributed by atoms with Crippen LogP contribution in [-0.4, -0.2) is 87.0 Å². The zero-order valence-corrected chi connectivity index (χ0v) is 30.9. The van der Waals surface area contributed by atoms with Crippen molar-refractivity contribution in [2.24, 2.45) is 15.7 Å². The second-order valence-corrected chi connectivity index (χ2v) is 19.1. The number of nitrogens with zero attached hydrogens (tertiary/aromatic N) is 3. The number of guanidine groups is 1. The number of aliphatic hydroxyl groups is 1. The quantitative estimate of drug-likeness (QED) is 0.192. The van der Waals surface area contributed by atoms with Crippen LogP contribution in [0.1, 0.15) is 43.9 Å². The van der Waals surface area contributed by atoms with E-state index >= 15 is 0 Å². The van der Waals surface area contributed by atoms with E-state index in [1.165, 1.54) is 0 Å². The predicted molar refractivity (Wildman–Crippen MR) is 193 cm³/mol. The molecule has 0 bridgehead atoms. The van der Waals surface area contributed by atoms with Gasteiger partial charge in [-0.05, 0) is 59.1 Å². The molecular weight excluding hydrogens is 671 g/mol. The molecule has 6 rings (SSSR count). The van der Waals surface area contributed by atoms with E-state index in [2.05, 4.69) is 49.2 Å². The van der Waals surface area contributed by atoms with Crippen molar-refractivity contribution in [3.63, 3.8) is 0 Å². The first-order valence-corrected chi connectivity index (χ1v) is 19.7. The number of carbonyl (C=O) groups is 2. The molecular formula is C37H45N5O8Si. The molecule has 3 aliphatic rings. The maximum Gasteiger partial charge on any atom is 0.350 e. The molecule has 0 aromatic heterocycles. The van der Waals surface area contributed by atoms with Gasteiger partial charge < -0.3 is 34.2 Å². The molecule has 4 atom stereocenters. The van der Waals surface area contributed by atoms with Crippen molar-refractivity contribution in [2.75, 3.05) is 20.8 Å². The van der Waals surface area contributed by atoms with Crippen LogP contribution in [0.15, 0.2) is 88.8 Å². The van der Waals surface area contributed by atoms with Crippen LogP contribution in [0, 0.1) is 0 Å². The minimum atomic E-state index is -2.44. The van der Waals surface area contributed by atoms with Gasteiger partial charge >= 0.3 is 6.03 Å². The van der Waals surface area contributed by atoms with E-state index in [1.54, 1.807) is 14.2 Å². The summed E-state index contributed by atoms with van der Waals surface area (Å²) in [5.41, 5.74) is 6.71. The summed E-state index contributed by atoms with van der Waals surface area (Å²) in [7, 11) is 0.801. The summed E-state index contributed by atoms with van der Waals surface area (Å²) in [4.78, 5) is 34.8. The molecule has 3 aromatic rings. The zero-order chi connectivity index (χ0) is 36.8. The second-order valence-electron chi connectivity index (χ2n) is 14.3. The zero-order valence-electron chi connectivity index (χ0n) is 29.9. The molecule has 14 heteroatoms. The molecule has 0 radical (unpaired) electrons. The number of fused-ring (bicyclic) bond motifs is 1. The Morgan fingerprint density at radius 2 is 1.49 bits per heavy atom. The number of methoxy groups -OCH3 is 2. The smallest absolute Gasteiger partial charge is 0.350 e. The van der Waals surface area contributed by atoms with E-state index in [-0.39, 0.29) is 24.0 Å². The Morgan fingerprint density at radius 1 is 0.941 bits per heavy atom. The third-order valence-electron chi connectivity index (χ3n) is 10.2. The Bertz CT molecular complexity index is 1780. The number of ether oxygens (including phenoxy) is 4. The Morgan fingerprint density at radius 3 is 2.02 bits per heavy atom. The molecule has 1 fully saturated rings. The Kier molecular flexibility index (Phi) is 9.59. The summed E-state index contributed by atoms with van der Waals surface area (Å²) < 4.78 is 31.7. The molecule has 3 heterocycles. The van der Waals surface area contributed by atoms with Crippen LogP contribution in [0.2, 0.25) is 18.1 Å². The normalized spacial score (nSPS) is 23.8. The van der Waals surface area contributed by atoms with Crippen molar-refractivity contribution in [1.29, 1.82) is 0 Å². The lowest BCUT2D eigenvalue weighted by Crippen LogP contribution is -2.63. The summed E-state index contributed by atoms with van der Waals surface area (Å²) in [6, 6.07) is 24.4. The SMILES string of the molecule is COc1ccc(C(OC[C@H]2O[C@@H](N3C(=O)N=C4C(=O)NC(N)=N[C@@]43O)C[C@@H]2O[Si](C)(C)C(C)(C)C)(c2ccccc2)c2ccc(OC)cc2)cc1. The molecule has 1 saturated heterocycles. The third-order valence-corrected chi connectivity index (χ3v) is 14.7. The molecule has 4 N–H and O–H groups in total. The first-order chi connectivity index (χ1) is 24.1. The van der Waals surface area contributed by atoms with E-state index in [9.17, 15) is 14.7 Å². The van der Waals surface area contributed by atoms with E-state index in [0.717, 1.165) is 21.6 Å². The predicted octanol–water partition coefficient (Wildman–Crippen LogP) is 4.48. The summed E-state index contributed by atoms with van der Waals surface area (Å²) >= 11 is 0. The topological polar surface area (TPSA) is 167 Å². The second kappa shape index (κ2) is 13.5. The van der Waals surface area contributed by atoms with Crippen LogP contribution >= 0.6 is 0 Å². The van der Waals surface area contributed by atoms with Crippen molar-refractivity contribution >= 4 is 31.9 Å². The minimum Gasteiger partial charge on any atom is -0.497 e. The molecule has 3 amide bonds. The molecule has 3 aromatic carbocycles. The number of hydrogen-bond donors (Lipinski definition) is 3. The lowest BCUT2D eigenvalue weighted by Gasteiger charge is -2.40. The van der Waals surface area contributed by atoms with E-state index in [1.807, 2.05) is 78.9 Å². The number of benzene rings is 3. The Balaban J connectivity index is 1.42. The van der Waals surface area contributed by atoms with Gasteiger partial charge in [0.05, 0.1) is 26.9 Å². The van der Waals surface area contributed by atoms with Crippen molar-refractivity contribution in [2.45, 2.75) is 75.2 Å². The van der Waals surface area contributed by atoms with E-state index in [4.69, 9.17) is 29.1 Å². The highest BCUT2D eigenvalue weighted by molar-refractivity contribution is 6.74. The van der Waals surface area contributed by atoms with Gasteiger partial charge in [-0.15, -0.1) is 0 Å². The first-order valence-electron chi connectivity index (χ1n) is 16.8. The highest BCUT2D eigenvalue weighted by Gasteiger charge is 2.59. The lowest BCUT2D eigenvalue weighted by molar-refractivity contribution is -0.141. The van der Waals surface area contributed by atoms with Crippen molar-refractivity contribution in [3.8, 4) is 11.5 Å². The average Bonchev–Trinajstić information content (AvgIpc) is 3.60. The Labute approximate surface area is 298 Å². The molecule has 270 valence electrons. The van der Waals surface area contributed by atoms with Gasteiger partial charge in [-0.3, -0.25) is 10.1 Å². The number of urea groups is 1. The Hall–Kier alpha value is -4.60. The van der Waals surface area contributed by atoms with Crippen LogP contribution in [0.3, 0.4) is 0 Å². The van der Waals surface area contributed by atoms with Crippen LogP contribution in [0.4, 0.5) is 4.79 Å². The van der Waals surface area contributed by atoms with Gasteiger partial charge in [-0.25, -0.2) is 9.69 Å². The van der Waals surface area contributed by atoms with Crippen molar-refractivity contribution < 1.29 is 38.1 Å². The van der Waals surface area contributed by atoms with Gasteiger partial charge in [-0.2, -0.15) is 9.98 Å². The fourth-order valence-corrected chi connectivity index (χ4v) is 7.80.